The summed E-state index contributed by atoms with van der Waals surface area (Å²) in [7, 11) is 5.87. The summed E-state index contributed by atoms with van der Waals surface area (Å²) in [6, 6.07) is -14.6. The molecule has 34 heteroatoms. The fraction of sp³-hybridized carbons (Fsp3) is 0.776. The monoisotopic (exact) mass is 1190 g/mol. The van der Waals surface area contributed by atoms with E-state index in [9.17, 15) is 73.2 Å². The van der Waals surface area contributed by atoms with E-state index in [2.05, 4.69) is 70.0 Å². The second kappa shape index (κ2) is 40.0. The standard InChI is InChI=1S/C49H97N19O15/c1-25(51)38(73)60-32(17-13-22-58-49(55)56)43(78)67-37(28(4)71)46(81)64-30(14-8-10-20-50)40(75)63-33(18-19-35(52)72)44(79)66-36(27(3)70)45(80)59-26(2)39(74)61-31(16-12-21-57-48(53)54)41(76)62-29(15-9-11-23-68(5,6)7)42(77)65-34(24-69)47(82)83/h25-34,36-37,48-49,57-58,69-71H,8-24,50-51,53-56H2,1-7H3,(H11-,52,59,60,61,62,63,64,65,66,67,72,73,74,75,76,77,78,79,80,81,82,83)/p+3/t25-,26-,27+,28+,29-,30-,31-,32-,33-,34-,36-,37-/m0/s1. The van der Waals surface area contributed by atoms with Crippen LogP contribution in [0.15, 0.2) is 0 Å². The van der Waals surface area contributed by atoms with E-state index in [1.807, 2.05) is 21.1 Å². The van der Waals surface area contributed by atoms with Gasteiger partial charge in [0.05, 0.1) is 53.0 Å². The van der Waals surface area contributed by atoms with Crippen LogP contribution in [-0.4, -0.2) is 229 Å². The van der Waals surface area contributed by atoms with Crippen molar-refractivity contribution in [2.75, 3.05) is 53.9 Å². The highest BCUT2D eigenvalue weighted by molar-refractivity contribution is 5.98. The molecule has 0 bridgehead atoms. The largest absolute Gasteiger partial charge is 0.480 e. The van der Waals surface area contributed by atoms with Crippen LogP contribution in [0, 0.1) is 0 Å². The molecule has 0 aliphatic carbocycles. The number of aliphatic carboxylic acids is 1. The zero-order valence-electron chi connectivity index (χ0n) is 49.1. The van der Waals surface area contributed by atoms with Crippen molar-refractivity contribution in [2.45, 2.75) is 190 Å². The number of nitrogens with one attached hydrogen (secondary N) is 11. The number of hydrogen-bond acceptors (Lipinski definition) is 20. The van der Waals surface area contributed by atoms with E-state index >= 15 is 0 Å². The van der Waals surface area contributed by atoms with Crippen molar-refractivity contribution in [3.05, 3.63) is 0 Å². The quantitative estimate of drug-likeness (QED) is 0.0153. The Balaban J connectivity index is 6.66. The van der Waals surface area contributed by atoms with E-state index in [-0.39, 0.29) is 51.6 Å². The van der Waals surface area contributed by atoms with Gasteiger partial charge in [-0.1, -0.05) is 0 Å². The van der Waals surface area contributed by atoms with E-state index < -0.39 is 170 Å². The van der Waals surface area contributed by atoms with Crippen molar-refractivity contribution in [2.24, 2.45) is 28.7 Å². The first-order chi connectivity index (χ1) is 38.6. The molecule has 12 atom stereocenters. The Morgan fingerprint density at radius 3 is 1.18 bits per heavy atom. The van der Waals surface area contributed by atoms with Crippen LogP contribution in [0.1, 0.15) is 105 Å². The van der Waals surface area contributed by atoms with Crippen LogP contribution in [-0.2, 0) is 52.7 Å². The van der Waals surface area contributed by atoms with Crippen LogP contribution in [0.5, 0.6) is 0 Å². The molecular formula is C49H100N19O15+3. The van der Waals surface area contributed by atoms with Crippen molar-refractivity contribution in [1.82, 2.24) is 58.5 Å². The average molecular weight is 1200 g/mol. The minimum atomic E-state index is -1.84. The molecule has 0 saturated heterocycles. The van der Waals surface area contributed by atoms with E-state index in [0.717, 1.165) is 6.92 Å². The number of rotatable bonds is 44. The molecule has 83 heavy (non-hydrogen) atoms. The summed E-state index contributed by atoms with van der Waals surface area (Å²) in [6.45, 7) is 5.62. The minimum Gasteiger partial charge on any atom is -0.480 e. The van der Waals surface area contributed by atoms with Crippen LogP contribution in [0.3, 0.4) is 0 Å². The summed E-state index contributed by atoms with van der Waals surface area (Å²) in [5.41, 5.74) is 35.1. The smallest absolute Gasteiger partial charge is 0.328 e. The number of unbranched alkanes of at least 4 members (excludes halogenated alkanes) is 2. The van der Waals surface area contributed by atoms with Gasteiger partial charge in [0.25, 0.3) is 5.91 Å². The van der Waals surface area contributed by atoms with Crippen molar-refractivity contribution >= 4 is 65.0 Å². The van der Waals surface area contributed by atoms with E-state index in [1.54, 1.807) is 0 Å². The van der Waals surface area contributed by atoms with Gasteiger partial charge in [0, 0.05) is 6.42 Å². The van der Waals surface area contributed by atoms with Crippen molar-refractivity contribution in [3.8, 4) is 0 Å². The van der Waals surface area contributed by atoms with Gasteiger partial charge in [-0.3, -0.25) is 58.6 Å². The molecule has 0 heterocycles. The highest BCUT2D eigenvalue weighted by atomic mass is 16.4. The van der Waals surface area contributed by atoms with Gasteiger partial charge in [-0.15, -0.1) is 0 Å². The predicted octanol–water partition coefficient (Wildman–Crippen LogP) is -11.5. The van der Waals surface area contributed by atoms with E-state index in [4.69, 9.17) is 28.7 Å². The molecule has 478 valence electrons. The lowest BCUT2D eigenvalue weighted by Gasteiger charge is -2.29. The van der Waals surface area contributed by atoms with Crippen molar-refractivity contribution in [3.63, 3.8) is 0 Å². The number of carboxylic acid groups (broad SMARTS) is 1. The maximum atomic E-state index is 14.1. The number of carbonyl (C=O) groups is 11. The Morgan fingerprint density at radius 1 is 0.470 bits per heavy atom. The molecule has 0 fully saturated rings. The maximum absolute atomic E-state index is 14.1. The van der Waals surface area contributed by atoms with E-state index in [0.29, 0.717) is 43.3 Å². The number of aliphatic hydroxyl groups is 3. The summed E-state index contributed by atoms with van der Waals surface area (Å²) in [6.07, 6.45) is -3.85. The van der Waals surface area contributed by atoms with Crippen LogP contribution >= 0.6 is 0 Å². The topological polar surface area (TPSA) is 586 Å². The molecule has 0 radical (unpaired) electrons. The summed E-state index contributed by atoms with van der Waals surface area (Å²) in [4.78, 5) is 147. The van der Waals surface area contributed by atoms with Gasteiger partial charge in [-0.05, 0) is 111 Å². The van der Waals surface area contributed by atoms with Gasteiger partial charge in [0.2, 0.25) is 53.2 Å². The Kier molecular flexibility index (Phi) is 37.0. The third kappa shape index (κ3) is 32.9. The molecule has 0 spiro atoms. The van der Waals surface area contributed by atoms with Crippen LogP contribution in [0.2, 0.25) is 0 Å². The number of nitrogens with two attached hydrogens (primary N) is 5. The molecule has 0 rings (SSSR count). The van der Waals surface area contributed by atoms with Gasteiger partial charge in [0.15, 0.2) is 6.04 Å². The summed E-state index contributed by atoms with van der Waals surface area (Å²) in [5, 5.41) is 67.9. The molecule has 0 aromatic heterocycles. The lowest BCUT2D eigenvalue weighted by Crippen LogP contribution is -2.68. The average Bonchev–Trinajstić information content (AvgIpc) is 3.44. The molecule has 0 unspecified atom stereocenters. The molecule has 0 aromatic rings. The van der Waals surface area contributed by atoms with Gasteiger partial charge >= 0.3 is 5.97 Å². The maximum Gasteiger partial charge on any atom is 0.328 e. The Morgan fingerprint density at radius 2 is 0.819 bits per heavy atom. The van der Waals surface area contributed by atoms with Gasteiger partial charge in [-0.2, -0.15) is 0 Å². The van der Waals surface area contributed by atoms with Gasteiger partial charge in [0.1, 0.15) is 67.0 Å². The third-order valence-corrected chi connectivity index (χ3v) is 12.6. The number of nitrogens with zero attached hydrogens (tertiary/aromatic N) is 1. The molecular weight excluding hydrogens is 1090 g/mol. The Hall–Kier alpha value is -6.31. The normalized spacial score (nSPS) is 15.9. The Bertz CT molecular complexity index is 2080. The summed E-state index contributed by atoms with van der Waals surface area (Å²) >= 11 is 0. The lowest BCUT2D eigenvalue weighted by molar-refractivity contribution is -0.870. The molecule has 31 N–H and O–H groups in total. The number of quaternary nitrogens is 3. The molecule has 34 nitrogen and oxygen atoms in total. The SMILES string of the molecule is C[C@H]([NH3+])C(=O)N[C@@H](CCCNC(N)N)C(=O)N[C@H](C(=O)N[C@@H](CCCC[NH3+])C(=O)N[C@@H](CCC(N)=O)C(=O)N[C@H](C(=O)N[C@@H](C)C(=O)N[C@@H](CCCNC(N)N)C(=O)N[C@@H](CCCC[N+](C)(C)C)C(=O)N[C@@H](CO)C(=O)O)[C@@H](C)O)[C@@H](C)O. The van der Waals surface area contributed by atoms with Crippen molar-refractivity contribution < 1.29 is 89.1 Å². The molecule has 0 aliphatic heterocycles. The van der Waals surface area contributed by atoms with Gasteiger partial charge in [-0.25, -0.2) is 4.79 Å². The molecule has 10 amide bonds. The third-order valence-electron chi connectivity index (χ3n) is 12.6. The first kappa shape index (κ1) is 76.7. The number of primary amides is 1. The van der Waals surface area contributed by atoms with Crippen molar-refractivity contribution in [1.29, 1.82) is 0 Å². The molecule has 0 saturated carbocycles. The molecule has 0 aliphatic rings. The van der Waals surface area contributed by atoms with Gasteiger partial charge < -0.3 is 113 Å². The van der Waals surface area contributed by atoms with Crippen LogP contribution in [0.25, 0.3) is 0 Å². The fourth-order valence-electron chi connectivity index (χ4n) is 7.80. The highest BCUT2D eigenvalue weighted by Gasteiger charge is 2.37. The van der Waals surface area contributed by atoms with E-state index in [1.165, 1.54) is 20.8 Å². The predicted molar refractivity (Wildman–Crippen MR) is 299 cm³/mol. The van der Waals surface area contributed by atoms with Crippen LogP contribution in [0.4, 0.5) is 0 Å². The second-order valence-electron chi connectivity index (χ2n) is 21.6. The number of aliphatic hydroxyl groups excluding tert-OH is 3. The summed E-state index contributed by atoms with van der Waals surface area (Å²) in [5.74, 6) is -10.9. The number of carboxylic acids is 1. The summed E-state index contributed by atoms with van der Waals surface area (Å²) < 4.78 is 0.592. The van der Waals surface area contributed by atoms with Crippen LogP contribution < -0.4 is 98.6 Å². The first-order valence-electron chi connectivity index (χ1n) is 27.8. The Labute approximate surface area is 484 Å². The lowest BCUT2D eigenvalue weighted by atomic mass is 10.0. The zero-order chi connectivity index (χ0) is 63.7. The second-order valence-corrected chi connectivity index (χ2v) is 21.6. The minimum absolute atomic E-state index is 0.0393. The molecule has 0 aromatic carbocycles. The number of hydrogen-bond donors (Lipinski definition) is 22. The number of amides is 10. The zero-order valence-corrected chi connectivity index (χ0v) is 49.1. The number of carbonyl (C=O) groups excluding carboxylic acids is 10. The first-order valence-corrected chi connectivity index (χ1v) is 27.8. The fourth-order valence-corrected chi connectivity index (χ4v) is 7.80. The highest BCUT2D eigenvalue weighted by Crippen LogP contribution is 2.11.